The molecule has 16 heavy (non-hydrogen) atoms. The van der Waals surface area contributed by atoms with Gasteiger partial charge in [-0.05, 0) is 30.2 Å². The van der Waals surface area contributed by atoms with Crippen LogP contribution in [0.15, 0.2) is 18.2 Å². The number of hydrogen-bond donors (Lipinski definition) is 2. The number of halogens is 1. The van der Waals surface area contributed by atoms with Gasteiger partial charge in [-0.3, -0.25) is 0 Å². The molecule has 0 aromatic heterocycles. The summed E-state index contributed by atoms with van der Waals surface area (Å²) in [5.74, 6) is -1.61. The molecule has 5 heteroatoms. The molecule has 0 bridgehead atoms. The van der Waals surface area contributed by atoms with Gasteiger partial charge in [-0.2, -0.15) is 0 Å². The fourth-order valence-corrected chi connectivity index (χ4v) is 1.24. The highest BCUT2D eigenvalue weighted by Crippen LogP contribution is 2.12. The van der Waals surface area contributed by atoms with Crippen LogP contribution in [-0.2, 0) is 11.3 Å². The Balaban J connectivity index is 2.68. The quantitative estimate of drug-likeness (QED) is 0.723. The van der Waals surface area contributed by atoms with E-state index in [1.54, 1.807) is 0 Å². The lowest BCUT2D eigenvalue weighted by Gasteiger charge is -2.07. The van der Waals surface area contributed by atoms with E-state index in [2.05, 4.69) is 0 Å². The van der Waals surface area contributed by atoms with Crippen molar-refractivity contribution in [3.05, 3.63) is 35.1 Å². The Morgan fingerprint density at radius 1 is 1.44 bits per heavy atom. The molecule has 0 aliphatic rings. The third-order valence-electron chi connectivity index (χ3n) is 2.00. The molecule has 0 atom stereocenters. The van der Waals surface area contributed by atoms with Crippen molar-refractivity contribution in [3.8, 4) is 0 Å². The Bertz CT molecular complexity index is 365. The van der Waals surface area contributed by atoms with E-state index in [1.807, 2.05) is 0 Å². The minimum atomic E-state index is -1.11. The lowest BCUT2D eigenvalue weighted by molar-refractivity contribution is 0.0683. The number of carbonyl (C=O) groups is 1. The Kier molecular flexibility index (Phi) is 4.88. The molecular formula is C11H13FO4. The molecule has 88 valence electrons. The van der Waals surface area contributed by atoms with Crippen molar-refractivity contribution in [1.82, 2.24) is 0 Å². The fourth-order valence-electron chi connectivity index (χ4n) is 1.24. The first-order valence-electron chi connectivity index (χ1n) is 4.85. The highest BCUT2D eigenvalue weighted by atomic mass is 19.1. The number of aliphatic hydroxyl groups is 1. The van der Waals surface area contributed by atoms with Gasteiger partial charge < -0.3 is 14.9 Å². The molecule has 1 aromatic rings. The zero-order valence-electron chi connectivity index (χ0n) is 8.65. The van der Waals surface area contributed by atoms with Gasteiger partial charge >= 0.3 is 5.97 Å². The molecule has 0 spiro atoms. The van der Waals surface area contributed by atoms with Crippen LogP contribution >= 0.6 is 0 Å². The first-order chi connectivity index (χ1) is 7.65. The van der Waals surface area contributed by atoms with Gasteiger partial charge in [0.1, 0.15) is 5.82 Å². The second-order valence-electron chi connectivity index (χ2n) is 3.24. The number of hydrogen-bond acceptors (Lipinski definition) is 3. The Hall–Kier alpha value is -1.46. The van der Waals surface area contributed by atoms with Gasteiger partial charge in [-0.1, -0.05) is 0 Å². The van der Waals surface area contributed by atoms with Crippen molar-refractivity contribution in [1.29, 1.82) is 0 Å². The molecule has 1 aromatic carbocycles. The van der Waals surface area contributed by atoms with E-state index in [9.17, 15) is 9.18 Å². The summed E-state index contributed by atoms with van der Waals surface area (Å²) in [7, 11) is 0. The van der Waals surface area contributed by atoms with Crippen LogP contribution in [0, 0.1) is 5.82 Å². The molecule has 0 saturated heterocycles. The number of carboxylic acid groups (broad SMARTS) is 1. The number of ether oxygens (including phenoxy) is 1. The van der Waals surface area contributed by atoms with E-state index in [0.717, 1.165) is 12.1 Å². The molecule has 0 radical (unpaired) electrons. The SMILES string of the molecule is O=C(O)c1ccc(F)cc1COCCCO. The normalized spacial score (nSPS) is 10.4. The van der Waals surface area contributed by atoms with Crippen molar-refractivity contribution in [2.24, 2.45) is 0 Å². The smallest absolute Gasteiger partial charge is 0.336 e. The number of aliphatic hydroxyl groups excluding tert-OH is 1. The molecule has 0 unspecified atom stereocenters. The van der Waals surface area contributed by atoms with Gasteiger partial charge in [-0.25, -0.2) is 9.18 Å². The summed E-state index contributed by atoms with van der Waals surface area (Å²) >= 11 is 0. The van der Waals surface area contributed by atoms with Crippen LogP contribution in [0.4, 0.5) is 4.39 Å². The molecule has 2 N–H and O–H groups in total. The molecular weight excluding hydrogens is 215 g/mol. The van der Waals surface area contributed by atoms with E-state index in [-0.39, 0.29) is 18.8 Å². The summed E-state index contributed by atoms with van der Waals surface area (Å²) in [4.78, 5) is 10.8. The number of aromatic carboxylic acids is 1. The minimum absolute atomic E-state index is 0.00887. The fraction of sp³-hybridized carbons (Fsp3) is 0.364. The van der Waals surface area contributed by atoms with Crippen LogP contribution in [0.2, 0.25) is 0 Å². The lowest BCUT2D eigenvalue weighted by Crippen LogP contribution is -2.06. The van der Waals surface area contributed by atoms with Gasteiger partial charge in [0.05, 0.1) is 12.2 Å². The molecule has 0 fully saturated rings. The molecule has 4 nitrogen and oxygen atoms in total. The maximum atomic E-state index is 12.9. The highest BCUT2D eigenvalue weighted by Gasteiger charge is 2.10. The van der Waals surface area contributed by atoms with Crippen LogP contribution in [0.3, 0.4) is 0 Å². The van der Waals surface area contributed by atoms with E-state index in [0.29, 0.717) is 18.6 Å². The standard InChI is InChI=1S/C11H13FO4/c12-9-2-3-10(11(14)15)8(6-9)7-16-5-1-4-13/h2-3,6,13H,1,4-5,7H2,(H,14,15). The Morgan fingerprint density at radius 2 is 2.19 bits per heavy atom. The van der Waals surface area contributed by atoms with Crippen LogP contribution in [0.1, 0.15) is 22.3 Å². The summed E-state index contributed by atoms with van der Waals surface area (Å²) in [5.41, 5.74) is 0.329. The summed E-state index contributed by atoms with van der Waals surface area (Å²) in [6.07, 6.45) is 0.470. The van der Waals surface area contributed by atoms with E-state index < -0.39 is 11.8 Å². The largest absolute Gasteiger partial charge is 0.478 e. The first-order valence-corrected chi connectivity index (χ1v) is 4.85. The molecule has 0 amide bonds. The minimum Gasteiger partial charge on any atom is -0.478 e. The predicted octanol–water partition coefficient (Wildman–Crippen LogP) is 1.42. The lowest BCUT2D eigenvalue weighted by atomic mass is 10.1. The van der Waals surface area contributed by atoms with E-state index in [1.165, 1.54) is 6.07 Å². The maximum Gasteiger partial charge on any atom is 0.336 e. The van der Waals surface area contributed by atoms with Gasteiger partial charge in [0, 0.05) is 13.2 Å². The van der Waals surface area contributed by atoms with Crippen LogP contribution < -0.4 is 0 Å². The number of rotatable bonds is 6. The second kappa shape index (κ2) is 6.19. The van der Waals surface area contributed by atoms with E-state index >= 15 is 0 Å². The molecule has 0 aliphatic carbocycles. The van der Waals surface area contributed by atoms with Crippen molar-refractivity contribution in [3.63, 3.8) is 0 Å². The third-order valence-corrected chi connectivity index (χ3v) is 2.00. The van der Waals surface area contributed by atoms with Gasteiger partial charge in [-0.15, -0.1) is 0 Å². The number of benzene rings is 1. The summed E-state index contributed by atoms with van der Waals surface area (Å²) in [5, 5.41) is 17.4. The third kappa shape index (κ3) is 3.60. The molecule has 1 rings (SSSR count). The summed E-state index contributed by atoms with van der Waals surface area (Å²) < 4.78 is 18.0. The second-order valence-corrected chi connectivity index (χ2v) is 3.24. The molecule has 0 aliphatic heterocycles. The predicted molar refractivity (Wildman–Crippen MR) is 54.7 cm³/mol. The Morgan fingerprint density at radius 3 is 2.81 bits per heavy atom. The zero-order chi connectivity index (χ0) is 12.0. The first kappa shape index (κ1) is 12.6. The van der Waals surface area contributed by atoms with Crippen molar-refractivity contribution < 1.29 is 24.1 Å². The Labute approximate surface area is 92.3 Å². The maximum absolute atomic E-state index is 12.9. The van der Waals surface area contributed by atoms with Crippen LogP contribution in [0.5, 0.6) is 0 Å². The average molecular weight is 228 g/mol. The van der Waals surface area contributed by atoms with Crippen molar-refractivity contribution in [2.75, 3.05) is 13.2 Å². The molecule has 0 heterocycles. The van der Waals surface area contributed by atoms with Gasteiger partial charge in [0.25, 0.3) is 0 Å². The van der Waals surface area contributed by atoms with Crippen LogP contribution in [-0.4, -0.2) is 29.4 Å². The van der Waals surface area contributed by atoms with Gasteiger partial charge in [0.2, 0.25) is 0 Å². The topological polar surface area (TPSA) is 66.8 Å². The summed E-state index contributed by atoms with van der Waals surface area (Å²) in [6, 6.07) is 3.45. The van der Waals surface area contributed by atoms with E-state index in [4.69, 9.17) is 14.9 Å². The zero-order valence-corrected chi connectivity index (χ0v) is 8.65. The summed E-state index contributed by atoms with van der Waals surface area (Å²) in [6.45, 7) is 0.348. The van der Waals surface area contributed by atoms with Crippen molar-refractivity contribution in [2.45, 2.75) is 13.0 Å². The van der Waals surface area contributed by atoms with Crippen LogP contribution in [0.25, 0.3) is 0 Å². The highest BCUT2D eigenvalue weighted by molar-refractivity contribution is 5.89. The monoisotopic (exact) mass is 228 g/mol. The van der Waals surface area contributed by atoms with Gasteiger partial charge in [0.15, 0.2) is 0 Å². The molecule has 0 saturated carbocycles. The average Bonchev–Trinajstić information content (AvgIpc) is 2.24. The van der Waals surface area contributed by atoms with Crippen molar-refractivity contribution >= 4 is 5.97 Å². The number of carboxylic acids is 1.